The fraction of sp³-hybridized carbons (Fsp3) is 0.846. The van der Waals surface area contributed by atoms with E-state index in [0.717, 1.165) is 19.3 Å². The first-order valence-corrected chi connectivity index (χ1v) is 6.95. The number of rotatable bonds is 2. The number of piperidine rings is 1. The van der Waals surface area contributed by atoms with Crippen LogP contribution in [0, 0.1) is 0 Å². The smallest absolute Gasteiger partial charge is 0.329 e. The van der Waals surface area contributed by atoms with Crippen molar-refractivity contribution in [2.45, 2.75) is 50.6 Å². The molecule has 0 aromatic rings. The van der Waals surface area contributed by atoms with Gasteiger partial charge in [0, 0.05) is 38.6 Å². The fourth-order valence-corrected chi connectivity index (χ4v) is 2.79. The molecule has 2 saturated heterocycles. The van der Waals surface area contributed by atoms with Crippen LogP contribution in [0.4, 0.5) is 4.79 Å². The van der Waals surface area contributed by atoms with Crippen LogP contribution in [-0.4, -0.2) is 53.3 Å². The van der Waals surface area contributed by atoms with Crippen molar-refractivity contribution >= 4 is 12.0 Å². The molecule has 2 aliphatic heterocycles. The highest BCUT2D eigenvalue weighted by Gasteiger charge is 2.43. The first-order chi connectivity index (χ1) is 9.05. The predicted octanol–water partition coefficient (Wildman–Crippen LogP) is 1.20. The van der Waals surface area contributed by atoms with E-state index in [1.54, 1.807) is 4.90 Å². The van der Waals surface area contributed by atoms with Gasteiger partial charge in [-0.05, 0) is 26.2 Å². The van der Waals surface area contributed by atoms with Gasteiger partial charge in [0.25, 0.3) is 0 Å². The number of carbonyl (C=O) groups excluding carboxylic acids is 1. The van der Waals surface area contributed by atoms with Crippen LogP contribution in [0.5, 0.6) is 0 Å². The molecule has 0 bridgehead atoms. The van der Waals surface area contributed by atoms with E-state index in [9.17, 15) is 14.7 Å². The molecule has 2 fully saturated rings. The molecular formula is C13H22N2O4. The summed E-state index contributed by atoms with van der Waals surface area (Å²) >= 11 is 0. The molecule has 0 aliphatic carbocycles. The standard InChI is InChI=1S/C13H22N2O4/c1-10-4-2-3-7-15(10)12(18)14-13(11(16)17)5-8-19-9-6-13/h10H,2-9H2,1H3,(H,14,18)(H,16,17). The van der Waals surface area contributed by atoms with Crippen molar-refractivity contribution in [3.63, 3.8) is 0 Å². The minimum Gasteiger partial charge on any atom is -0.480 e. The molecule has 6 nitrogen and oxygen atoms in total. The number of nitrogens with one attached hydrogen (secondary N) is 1. The second kappa shape index (κ2) is 5.77. The van der Waals surface area contributed by atoms with Gasteiger partial charge < -0.3 is 20.1 Å². The number of carboxylic acid groups (broad SMARTS) is 1. The number of carbonyl (C=O) groups is 2. The van der Waals surface area contributed by atoms with Crippen LogP contribution in [0.15, 0.2) is 0 Å². The Balaban J connectivity index is 2.04. The van der Waals surface area contributed by atoms with Crippen molar-refractivity contribution in [2.24, 2.45) is 0 Å². The normalized spacial score (nSPS) is 26.8. The van der Waals surface area contributed by atoms with Gasteiger partial charge in [0.2, 0.25) is 0 Å². The fourth-order valence-electron chi connectivity index (χ4n) is 2.79. The summed E-state index contributed by atoms with van der Waals surface area (Å²) in [5.41, 5.74) is -1.16. The molecule has 1 atom stereocenters. The molecule has 0 radical (unpaired) electrons. The van der Waals surface area contributed by atoms with Crippen LogP contribution in [0.25, 0.3) is 0 Å². The number of hydrogen-bond donors (Lipinski definition) is 2. The molecule has 6 heteroatoms. The third kappa shape index (κ3) is 3.00. The summed E-state index contributed by atoms with van der Waals surface area (Å²) in [5.74, 6) is -0.964. The van der Waals surface area contributed by atoms with Crippen LogP contribution in [-0.2, 0) is 9.53 Å². The lowest BCUT2D eigenvalue weighted by atomic mass is 9.90. The van der Waals surface area contributed by atoms with Gasteiger partial charge in [0.15, 0.2) is 0 Å². The van der Waals surface area contributed by atoms with Crippen molar-refractivity contribution in [3.8, 4) is 0 Å². The molecule has 0 aromatic carbocycles. The summed E-state index contributed by atoms with van der Waals surface area (Å²) in [7, 11) is 0. The van der Waals surface area contributed by atoms with E-state index in [1.165, 1.54) is 0 Å². The quantitative estimate of drug-likeness (QED) is 0.790. The first kappa shape index (κ1) is 14.1. The third-order valence-corrected chi connectivity index (χ3v) is 4.17. The second-order valence-corrected chi connectivity index (χ2v) is 5.47. The number of hydrogen-bond acceptors (Lipinski definition) is 3. The summed E-state index contributed by atoms with van der Waals surface area (Å²) in [5, 5.41) is 12.2. The maximum Gasteiger partial charge on any atom is 0.329 e. The summed E-state index contributed by atoms with van der Waals surface area (Å²) in [4.78, 5) is 25.5. The number of aliphatic carboxylic acids is 1. The highest BCUT2D eigenvalue weighted by Crippen LogP contribution is 2.23. The monoisotopic (exact) mass is 270 g/mol. The van der Waals surface area contributed by atoms with Gasteiger partial charge >= 0.3 is 12.0 Å². The molecule has 1 unspecified atom stereocenters. The lowest BCUT2D eigenvalue weighted by molar-refractivity contribution is -0.148. The van der Waals surface area contributed by atoms with E-state index < -0.39 is 11.5 Å². The Hall–Kier alpha value is -1.30. The zero-order chi connectivity index (χ0) is 13.9. The van der Waals surface area contributed by atoms with E-state index in [-0.39, 0.29) is 12.1 Å². The number of carboxylic acids is 1. The Morgan fingerprint density at radius 1 is 1.32 bits per heavy atom. The molecule has 0 spiro atoms. The Labute approximate surface area is 113 Å². The Morgan fingerprint density at radius 3 is 2.58 bits per heavy atom. The Morgan fingerprint density at radius 2 is 2.00 bits per heavy atom. The molecule has 0 saturated carbocycles. The zero-order valence-corrected chi connectivity index (χ0v) is 11.4. The van der Waals surface area contributed by atoms with E-state index in [2.05, 4.69) is 5.32 Å². The molecule has 2 rings (SSSR count). The van der Waals surface area contributed by atoms with Crippen molar-refractivity contribution in [2.75, 3.05) is 19.8 Å². The van der Waals surface area contributed by atoms with Crippen molar-refractivity contribution in [1.82, 2.24) is 10.2 Å². The highest BCUT2D eigenvalue weighted by molar-refractivity contribution is 5.86. The van der Waals surface area contributed by atoms with E-state index in [0.29, 0.717) is 32.6 Å². The average Bonchev–Trinajstić information content (AvgIpc) is 2.40. The van der Waals surface area contributed by atoms with Crippen molar-refractivity contribution in [3.05, 3.63) is 0 Å². The summed E-state index contributed by atoms with van der Waals surface area (Å²) in [6.07, 6.45) is 3.76. The predicted molar refractivity (Wildman–Crippen MR) is 69.0 cm³/mol. The molecule has 108 valence electrons. The minimum atomic E-state index is -1.16. The highest BCUT2D eigenvalue weighted by atomic mass is 16.5. The maximum absolute atomic E-state index is 12.3. The number of likely N-dealkylation sites (tertiary alicyclic amines) is 1. The number of urea groups is 1. The van der Waals surface area contributed by atoms with E-state index in [4.69, 9.17) is 4.74 Å². The molecule has 2 heterocycles. The maximum atomic E-state index is 12.3. The van der Waals surface area contributed by atoms with Gasteiger partial charge in [-0.25, -0.2) is 9.59 Å². The van der Waals surface area contributed by atoms with Crippen molar-refractivity contribution in [1.29, 1.82) is 0 Å². The number of ether oxygens (including phenoxy) is 1. The Kier molecular flexibility index (Phi) is 4.29. The zero-order valence-electron chi connectivity index (χ0n) is 11.4. The van der Waals surface area contributed by atoms with Gasteiger partial charge in [-0.3, -0.25) is 0 Å². The molecule has 2 amide bonds. The van der Waals surface area contributed by atoms with Crippen LogP contribution in [0.1, 0.15) is 39.0 Å². The summed E-state index contributed by atoms with van der Waals surface area (Å²) in [6, 6.07) is -0.0732. The van der Waals surface area contributed by atoms with Crippen LogP contribution >= 0.6 is 0 Å². The van der Waals surface area contributed by atoms with E-state index in [1.807, 2.05) is 6.92 Å². The minimum absolute atomic E-state index is 0.180. The summed E-state index contributed by atoms with van der Waals surface area (Å²) < 4.78 is 5.19. The molecule has 2 aliphatic rings. The topological polar surface area (TPSA) is 78.9 Å². The molecular weight excluding hydrogens is 248 g/mol. The molecule has 19 heavy (non-hydrogen) atoms. The largest absolute Gasteiger partial charge is 0.480 e. The van der Waals surface area contributed by atoms with Crippen LogP contribution < -0.4 is 5.32 Å². The van der Waals surface area contributed by atoms with Crippen molar-refractivity contribution < 1.29 is 19.4 Å². The molecule has 2 N–H and O–H groups in total. The molecule has 0 aromatic heterocycles. The van der Waals surface area contributed by atoms with Gasteiger partial charge in [0.1, 0.15) is 5.54 Å². The van der Waals surface area contributed by atoms with Gasteiger partial charge in [-0.2, -0.15) is 0 Å². The second-order valence-electron chi connectivity index (χ2n) is 5.47. The number of amides is 2. The average molecular weight is 270 g/mol. The van der Waals surface area contributed by atoms with Gasteiger partial charge in [-0.15, -0.1) is 0 Å². The Bertz CT molecular complexity index is 353. The van der Waals surface area contributed by atoms with Gasteiger partial charge in [-0.1, -0.05) is 0 Å². The van der Waals surface area contributed by atoms with Crippen LogP contribution in [0.3, 0.4) is 0 Å². The summed E-state index contributed by atoms with van der Waals surface area (Å²) in [6.45, 7) is 3.47. The number of nitrogens with zero attached hydrogens (tertiary/aromatic N) is 1. The SMILES string of the molecule is CC1CCCCN1C(=O)NC1(C(=O)O)CCOCC1. The van der Waals surface area contributed by atoms with Gasteiger partial charge in [0.05, 0.1) is 0 Å². The lowest BCUT2D eigenvalue weighted by Crippen LogP contribution is -2.61. The first-order valence-electron chi connectivity index (χ1n) is 6.95. The third-order valence-electron chi connectivity index (χ3n) is 4.17. The van der Waals surface area contributed by atoms with Crippen LogP contribution in [0.2, 0.25) is 0 Å². The van der Waals surface area contributed by atoms with E-state index >= 15 is 0 Å². The lowest BCUT2D eigenvalue weighted by Gasteiger charge is -2.39.